The Morgan fingerprint density at radius 1 is 1.17 bits per heavy atom. The van der Waals surface area contributed by atoms with Crippen molar-refractivity contribution < 1.29 is 9.90 Å². The van der Waals surface area contributed by atoms with Crippen LogP contribution in [0.1, 0.15) is 43.2 Å². The van der Waals surface area contributed by atoms with E-state index in [9.17, 15) is 9.90 Å². The zero-order chi connectivity index (χ0) is 16.9. The maximum Gasteiger partial charge on any atom is 0.223 e. The fourth-order valence-corrected chi connectivity index (χ4v) is 3.59. The van der Waals surface area contributed by atoms with E-state index in [-0.39, 0.29) is 17.6 Å². The molecule has 0 spiro atoms. The van der Waals surface area contributed by atoms with E-state index in [1.165, 1.54) is 6.42 Å². The quantitative estimate of drug-likeness (QED) is 0.917. The van der Waals surface area contributed by atoms with E-state index in [0.717, 1.165) is 30.6 Å². The second-order valence-corrected chi connectivity index (χ2v) is 6.81. The van der Waals surface area contributed by atoms with Crippen molar-refractivity contribution in [1.29, 1.82) is 0 Å². The molecule has 1 saturated heterocycles. The highest BCUT2D eigenvalue weighted by atomic mass is 16.3. The molecule has 1 N–H and O–H groups in total. The highest BCUT2D eigenvalue weighted by molar-refractivity contribution is 5.78. The average Bonchev–Trinajstić information content (AvgIpc) is 2.61. The summed E-state index contributed by atoms with van der Waals surface area (Å²) in [5, 5.41) is 10.3. The molecule has 1 heterocycles. The largest absolute Gasteiger partial charge is 0.508 e. The molecule has 1 fully saturated rings. The maximum atomic E-state index is 12.9. The first-order valence-corrected chi connectivity index (χ1v) is 8.75. The summed E-state index contributed by atoms with van der Waals surface area (Å²) >= 11 is 0. The first-order chi connectivity index (χ1) is 11.6. The summed E-state index contributed by atoms with van der Waals surface area (Å²) < 4.78 is 0. The molecule has 126 valence electrons. The third kappa shape index (κ3) is 3.78. The number of nitrogens with zero attached hydrogens (tertiary/aromatic N) is 1. The van der Waals surface area contributed by atoms with E-state index >= 15 is 0 Å². The molecule has 1 amide bonds. The minimum absolute atomic E-state index is 0.114. The van der Waals surface area contributed by atoms with Crippen molar-refractivity contribution >= 4 is 5.91 Å². The lowest BCUT2D eigenvalue weighted by atomic mass is 9.87. The first-order valence-electron chi connectivity index (χ1n) is 8.75. The number of para-hydroxylation sites is 1. The number of rotatable bonds is 4. The monoisotopic (exact) mass is 323 g/mol. The van der Waals surface area contributed by atoms with Gasteiger partial charge in [0.05, 0.1) is 0 Å². The Bertz CT molecular complexity index is 683. The Hall–Kier alpha value is -2.29. The van der Waals surface area contributed by atoms with Gasteiger partial charge in [-0.2, -0.15) is 0 Å². The van der Waals surface area contributed by atoms with Crippen LogP contribution in [0.5, 0.6) is 5.75 Å². The minimum Gasteiger partial charge on any atom is -0.508 e. The highest BCUT2D eigenvalue weighted by Gasteiger charge is 2.26. The van der Waals surface area contributed by atoms with Gasteiger partial charge in [-0.25, -0.2) is 0 Å². The van der Waals surface area contributed by atoms with Crippen LogP contribution < -0.4 is 0 Å². The number of carbonyl (C=O) groups excluding carboxylic acids is 1. The molecular formula is C21H25NO2. The number of amides is 1. The smallest absolute Gasteiger partial charge is 0.223 e. The van der Waals surface area contributed by atoms with Crippen molar-refractivity contribution in [2.45, 2.75) is 32.1 Å². The van der Waals surface area contributed by atoms with Crippen molar-refractivity contribution in [1.82, 2.24) is 4.90 Å². The number of piperidine rings is 1. The number of phenols is 1. The molecule has 2 atom stereocenters. The van der Waals surface area contributed by atoms with E-state index in [1.807, 2.05) is 53.4 Å². The Labute approximate surface area is 143 Å². The number of carbonyl (C=O) groups is 1. The predicted octanol–water partition coefficient (Wildman–Crippen LogP) is 4.17. The van der Waals surface area contributed by atoms with Crippen LogP contribution >= 0.6 is 0 Å². The fraction of sp³-hybridized carbons (Fsp3) is 0.381. The van der Waals surface area contributed by atoms with Gasteiger partial charge in [0.1, 0.15) is 5.75 Å². The van der Waals surface area contributed by atoms with Gasteiger partial charge < -0.3 is 10.0 Å². The van der Waals surface area contributed by atoms with Crippen LogP contribution in [0.3, 0.4) is 0 Å². The van der Waals surface area contributed by atoms with Gasteiger partial charge in [0, 0.05) is 31.0 Å². The van der Waals surface area contributed by atoms with E-state index in [2.05, 4.69) is 6.92 Å². The number of phenolic OH excluding ortho intramolecular Hbond substituents is 1. The van der Waals surface area contributed by atoms with Crippen LogP contribution in [0, 0.1) is 5.92 Å². The van der Waals surface area contributed by atoms with Crippen molar-refractivity contribution in [2.24, 2.45) is 5.92 Å². The van der Waals surface area contributed by atoms with Crippen LogP contribution in [-0.2, 0) is 4.79 Å². The molecule has 2 aromatic rings. The number of aromatic hydroxyl groups is 1. The third-order valence-electron chi connectivity index (χ3n) is 4.90. The molecule has 0 aliphatic carbocycles. The molecule has 3 rings (SSSR count). The molecule has 0 saturated carbocycles. The zero-order valence-corrected chi connectivity index (χ0v) is 14.2. The second kappa shape index (κ2) is 7.52. The lowest BCUT2D eigenvalue weighted by molar-refractivity contribution is -0.133. The van der Waals surface area contributed by atoms with E-state index in [4.69, 9.17) is 0 Å². The van der Waals surface area contributed by atoms with E-state index in [1.54, 1.807) is 6.07 Å². The molecule has 0 bridgehead atoms. The summed E-state index contributed by atoms with van der Waals surface area (Å²) in [4.78, 5) is 14.8. The van der Waals surface area contributed by atoms with Gasteiger partial charge in [0.2, 0.25) is 5.91 Å². The summed E-state index contributed by atoms with van der Waals surface area (Å²) in [5.41, 5.74) is 1.89. The molecule has 24 heavy (non-hydrogen) atoms. The average molecular weight is 323 g/mol. The molecule has 3 heteroatoms. The van der Waals surface area contributed by atoms with Gasteiger partial charge >= 0.3 is 0 Å². The van der Waals surface area contributed by atoms with Crippen molar-refractivity contribution in [3.8, 4) is 5.75 Å². The predicted molar refractivity (Wildman–Crippen MR) is 96.0 cm³/mol. The summed E-state index contributed by atoms with van der Waals surface area (Å²) in [7, 11) is 0. The SMILES string of the molecule is CC1CCCN(C(=O)CC(c2ccccc2)c2ccccc2O)C1. The Kier molecular flexibility index (Phi) is 5.19. The van der Waals surface area contributed by atoms with Gasteiger partial charge in [0.25, 0.3) is 0 Å². The summed E-state index contributed by atoms with van der Waals surface area (Å²) in [6.45, 7) is 3.91. The lowest BCUT2D eigenvalue weighted by Crippen LogP contribution is -2.39. The van der Waals surface area contributed by atoms with Crippen LogP contribution in [-0.4, -0.2) is 29.0 Å². The topological polar surface area (TPSA) is 40.5 Å². The van der Waals surface area contributed by atoms with E-state index in [0.29, 0.717) is 12.3 Å². The van der Waals surface area contributed by atoms with Crippen LogP contribution in [0.4, 0.5) is 0 Å². The van der Waals surface area contributed by atoms with E-state index < -0.39 is 0 Å². The van der Waals surface area contributed by atoms with Gasteiger partial charge in [-0.05, 0) is 30.4 Å². The second-order valence-electron chi connectivity index (χ2n) is 6.81. The molecule has 2 unspecified atom stereocenters. The minimum atomic E-state index is -0.114. The standard InChI is InChI=1S/C21H25NO2/c1-16-8-7-13-22(15-16)21(24)14-19(17-9-3-2-4-10-17)18-11-5-6-12-20(18)23/h2-6,9-12,16,19,23H,7-8,13-15H2,1H3. The van der Waals surface area contributed by atoms with Crippen LogP contribution in [0.2, 0.25) is 0 Å². The molecule has 2 aromatic carbocycles. The van der Waals surface area contributed by atoms with Gasteiger partial charge in [-0.3, -0.25) is 4.79 Å². The van der Waals surface area contributed by atoms with Crippen molar-refractivity contribution in [3.63, 3.8) is 0 Å². The molecule has 3 nitrogen and oxygen atoms in total. The van der Waals surface area contributed by atoms with Gasteiger partial charge in [0.15, 0.2) is 0 Å². The van der Waals surface area contributed by atoms with Crippen molar-refractivity contribution in [3.05, 3.63) is 65.7 Å². The number of hydrogen-bond donors (Lipinski definition) is 1. The highest BCUT2D eigenvalue weighted by Crippen LogP contribution is 2.34. The Morgan fingerprint density at radius 2 is 1.88 bits per heavy atom. The van der Waals surface area contributed by atoms with Gasteiger partial charge in [-0.1, -0.05) is 55.5 Å². The summed E-state index contributed by atoms with van der Waals surface area (Å²) in [6, 6.07) is 17.3. The van der Waals surface area contributed by atoms with Crippen LogP contribution in [0.15, 0.2) is 54.6 Å². The Balaban J connectivity index is 1.85. The summed E-state index contributed by atoms with van der Waals surface area (Å²) in [5.74, 6) is 0.893. The molecule has 1 aliphatic rings. The molecular weight excluding hydrogens is 298 g/mol. The lowest BCUT2D eigenvalue weighted by Gasteiger charge is -2.32. The van der Waals surface area contributed by atoms with Gasteiger partial charge in [-0.15, -0.1) is 0 Å². The first kappa shape index (κ1) is 16.6. The van der Waals surface area contributed by atoms with Crippen LogP contribution in [0.25, 0.3) is 0 Å². The summed E-state index contributed by atoms with van der Waals surface area (Å²) in [6.07, 6.45) is 2.68. The number of hydrogen-bond acceptors (Lipinski definition) is 2. The number of benzene rings is 2. The number of likely N-dealkylation sites (tertiary alicyclic amines) is 1. The molecule has 0 aromatic heterocycles. The third-order valence-corrected chi connectivity index (χ3v) is 4.90. The molecule has 1 aliphatic heterocycles. The molecule has 0 radical (unpaired) electrons. The van der Waals surface area contributed by atoms with Crippen molar-refractivity contribution in [2.75, 3.05) is 13.1 Å². The Morgan fingerprint density at radius 3 is 2.58 bits per heavy atom. The maximum absolute atomic E-state index is 12.9. The fourth-order valence-electron chi connectivity index (χ4n) is 3.59. The zero-order valence-electron chi connectivity index (χ0n) is 14.2. The normalized spacial score (nSPS) is 19.0.